The summed E-state index contributed by atoms with van der Waals surface area (Å²) in [6, 6.07) is 5.99. The van der Waals surface area contributed by atoms with Gasteiger partial charge in [0.2, 0.25) is 0 Å². The second kappa shape index (κ2) is 7.36. The molecule has 1 saturated heterocycles. The fourth-order valence-electron chi connectivity index (χ4n) is 2.37. The number of para-hydroxylation sites is 1. The molecule has 0 aliphatic carbocycles. The Bertz CT molecular complexity index is 389. The van der Waals surface area contributed by atoms with E-state index in [1.54, 1.807) is 7.11 Å². The van der Waals surface area contributed by atoms with Gasteiger partial charge in [-0.1, -0.05) is 12.1 Å². The van der Waals surface area contributed by atoms with E-state index in [2.05, 4.69) is 11.4 Å². The number of hydrogen-bond donors (Lipinski definition) is 1. The summed E-state index contributed by atoms with van der Waals surface area (Å²) in [5, 5.41) is 3.43. The quantitative estimate of drug-likeness (QED) is 0.821. The van der Waals surface area contributed by atoms with Crippen molar-refractivity contribution in [1.29, 1.82) is 0 Å². The molecule has 106 valence electrons. The fraction of sp³-hybridized carbons (Fsp3) is 0.600. The van der Waals surface area contributed by atoms with E-state index in [1.165, 1.54) is 6.42 Å². The lowest BCUT2D eigenvalue weighted by Crippen LogP contribution is -2.26. The van der Waals surface area contributed by atoms with Crippen molar-refractivity contribution in [1.82, 2.24) is 5.32 Å². The molecule has 4 nitrogen and oxygen atoms in total. The van der Waals surface area contributed by atoms with E-state index in [0.29, 0.717) is 12.7 Å². The first kappa shape index (κ1) is 14.2. The van der Waals surface area contributed by atoms with Crippen molar-refractivity contribution in [2.45, 2.75) is 32.4 Å². The number of rotatable bonds is 7. The van der Waals surface area contributed by atoms with Gasteiger partial charge in [-0.05, 0) is 25.8 Å². The van der Waals surface area contributed by atoms with Crippen molar-refractivity contribution in [3.63, 3.8) is 0 Å². The Hall–Kier alpha value is -1.26. The van der Waals surface area contributed by atoms with Crippen LogP contribution in [0.2, 0.25) is 0 Å². The van der Waals surface area contributed by atoms with Gasteiger partial charge in [0.15, 0.2) is 11.5 Å². The molecule has 2 rings (SSSR count). The van der Waals surface area contributed by atoms with E-state index in [0.717, 1.165) is 43.2 Å². The van der Waals surface area contributed by atoms with Crippen LogP contribution in [0.4, 0.5) is 0 Å². The summed E-state index contributed by atoms with van der Waals surface area (Å²) in [5.74, 6) is 1.63. The van der Waals surface area contributed by atoms with Crippen LogP contribution in [0.3, 0.4) is 0 Å². The van der Waals surface area contributed by atoms with Crippen LogP contribution < -0.4 is 14.8 Å². The van der Waals surface area contributed by atoms with Gasteiger partial charge in [-0.3, -0.25) is 0 Å². The molecule has 1 unspecified atom stereocenters. The molecule has 1 atom stereocenters. The van der Waals surface area contributed by atoms with E-state index >= 15 is 0 Å². The van der Waals surface area contributed by atoms with Crippen LogP contribution in [-0.4, -0.2) is 33.0 Å². The lowest BCUT2D eigenvalue weighted by Gasteiger charge is -2.15. The average molecular weight is 265 g/mol. The maximum Gasteiger partial charge on any atom is 0.165 e. The maximum atomic E-state index is 5.59. The molecule has 4 heteroatoms. The first-order valence-corrected chi connectivity index (χ1v) is 6.96. The molecule has 0 bridgehead atoms. The van der Waals surface area contributed by atoms with Gasteiger partial charge in [0, 0.05) is 25.3 Å². The Labute approximate surface area is 115 Å². The topological polar surface area (TPSA) is 39.7 Å². The molecule has 1 aliphatic rings. The molecular weight excluding hydrogens is 242 g/mol. The lowest BCUT2D eigenvalue weighted by atomic mass is 10.1. The molecule has 0 amide bonds. The largest absolute Gasteiger partial charge is 0.493 e. The summed E-state index contributed by atoms with van der Waals surface area (Å²) in [4.78, 5) is 0. The SMILES string of the molecule is CCOc1cccc(CNCC2CCCO2)c1OC. The van der Waals surface area contributed by atoms with Crippen LogP contribution in [0, 0.1) is 0 Å². The molecule has 0 aromatic heterocycles. The number of methoxy groups -OCH3 is 1. The smallest absolute Gasteiger partial charge is 0.165 e. The Morgan fingerprint density at radius 1 is 1.42 bits per heavy atom. The third-order valence-electron chi connectivity index (χ3n) is 3.28. The Morgan fingerprint density at radius 3 is 3.00 bits per heavy atom. The molecule has 1 N–H and O–H groups in total. The van der Waals surface area contributed by atoms with E-state index < -0.39 is 0 Å². The molecule has 1 heterocycles. The van der Waals surface area contributed by atoms with Crippen LogP contribution in [-0.2, 0) is 11.3 Å². The minimum Gasteiger partial charge on any atom is -0.493 e. The van der Waals surface area contributed by atoms with Crippen molar-refractivity contribution in [2.24, 2.45) is 0 Å². The second-order valence-electron chi connectivity index (χ2n) is 4.65. The Kier molecular flexibility index (Phi) is 5.48. The normalized spacial score (nSPS) is 18.5. The Balaban J connectivity index is 1.92. The van der Waals surface area contributed by atoms with E-state index in [1.807, 2.05) is 19.1 Å². The molecule has 1 aromatic rings. The van der Waals surface area contributed by atoms with Gasteiger partial charge in [-0.25, -0.2) is 0 Å². The lowest BCUT2D eigenvalue weighted by molar-refractivity contribution is 0.110. The van der Waals surface area contributed by atoms with Crippen LogP contribution in [0.1, 0.15) is 25.3 Å². The van der Waals surface area contributed by atoms with Gasteiger partial charge in [-0.2, -0.15) is 0 Å². The van der Waals surface area contributed by atoms with E-state index in [-0.39, 0.29) is 0 Å². The Morgan fingerprint density at radius 2 is 2.32 bits per heavy atom. The van der Waals surface area contributed by atoms with E-state index in [4.69, 9.17) is 14.2 Å². The van der Waals surface area contributed by atoms with Gasteiger partial charge >= 0.3 is 0 Å². The summed E-state index contributed by atoms with van der Waals surface area (Å²) in [6.45, 7) is 5.17. The third kappa shape index (κ3) is 3.85. The number of benzene rings is 1. The molecule has 1 fully saturated rings. The molecule has 19 heavy (non-hydrogen) atoms. The zero-order chi connectivity index (χ0) is 13.5. The molecular formula is C15H23NO3. The summed E-state index contributed by atoms with van der Waals surface area (Å²) in [7, 11) is 1.68. The summed E-state index contributed by atoms with van der Waals surface area (Å²) in [6.07, 6.45) is 2.69. The minimum absolute atomic E-state index is 0.362. The minimum atomic E-state index is 0.362. The van der Waals surface area contributed by atoms with Crippen molar-refractivity contribution in [3.8, 4) is 11.5 Å². The first-order valence-electron chi connectivity index (χ1n) is 6.96. The average Bonchev–Trinajstić information content (AvgIpc) is 2.93. The second-order valence-corrected chi connectivity index (χ2v) is 4.65. The zero-order valence-corrected chi connectivity index (χ0v) is 11.8. The standard InChI is InChI=1S/C15H23NO3/c1-3-18-14-8-4-6-12(15(14)17-2)10-16-11-13-7-5-9-19-13/h4,6,8,13,16H,3,5,7,9-11H2,1-2H3. The van der Waals surface area contributed by atoms with Gasteiger partial charge in [0.25, 0.3) is 0 Å². The van der Waals surface area contributed by atoms with Crippen molar-refractivity contribution >= 4 is 0 Å². The van der Waals surface area contributed by atoms with Gasteiger partial charge < -0.3 is 19.5 Å². The predicted octanol–water partition coefficient (Wildman–Crippen LogP) is 2.36. The highest BCUT2D eigenvalue weighted by Crippen LogP contribution is 2.30. The maximum absolute atomic E-state index is 5.59. The van der Waals surface area contributed by atoms with Crippen LogP contribution in [0.25, 0.3) is 0 Å². The number of nitrogens with one attached hydrogen (secondary N) is 1. The van der Waals surface area contributed by atoms with Crippen LogP contribution >= 0.6 is 0 Å². The van der Waals surface area contributed by atoms with Crippen molar-refractivity contribution in [3.05, 3.63) is 23.8 Å². The number of hydrogen-bond acceptors (Lipinski definition) is 4. The van der Waals surface area contributed by atoms with E-state index in [9.17, 15) is 0 Å². The summed E-state index contributed by atoms with van der Waals surface area (Å²) in [5.41, 5.74) is 1.12. The highest BCUT2D eigenvalue weighted by molar-refractivity contribution is 5.46. The van der Waals surface area contributed by atoms with Crippen molar-refractivity contribution in [2.75, 3.05) is 26.9 Å². The molecule has 0 saturated carbocycles. The van der Waals surface area contributed by atoms with Crippen LogP contribution in [0.15, 0.2) is 18.2 Å². The van der Waals surface area contributed by atoms with Gasteiger partial charge in [0.1, 0.15) is 0 Å². The summed E-state index contributed by atoms with van der Waals surface area (Å²) < 4.78 is 16.6. The highest BCUT2D eigenvalue weighted by Gasteiger charge is 2.15. The summed E-state index contributed by atoms with van der Waals surface area (Å²) >= 11 is 0. The molecule has 0 radical (unpaired) electrons. The number of ether oxygens (including phenoxy) is 3. The monoisotopic (exact) mass is 265 g/mol. The van der Waals surface area contributed by atoms with Gasteiger partial charge in [0.05, 0.1) is 19.8 Å². The molecule has 0 spiro atoms. The zero-order valence-electron chi connectivity index (χ0n) is 11.8. The third-order valence-corrected chi connectivity index (χ3v) is 3.28. The predicted molar refractivity (Wildman–Crippen MR) is 74.8 cm³/mol. The molecule has 1 aliphatic heterocycles. The molecule has 1 aromatic carbocycles. The fourth-order valence-corrected chi connectivity index (χ4v) is 2.37. The highest BCUT2D eigenvalue weighted by atomic mass is 16.5. The van der Waals surface area contributed by atoms with Crippen molar-refractivity contribution < 1.29 is 14.2 Å². The first-order chi connectivity index (χ1) is 9.35. The van der Waals surface area contributed by atoms with Crippen LogP contribution in [0.5, 0.6) is 11.5 Å². The van der Waals surface area contributed by atoms with Gasteiger partial charge in [-0.15, -0.1) is 0 Å².